The van der Waals surface area contributed by atoms with Crippen molar-refractivity contribution in [1.29, 1.82) is 0 Å². The van der Waals surface area contributed by atoms with Gasteiger partial charge >= 0.3 is 0 Å². The summed E-state index contributed by atoms with van der Waals surface area (Å²) in [6, 6.07) is 11.8. The van der Waals surface area contributed by atoms with E-state index >= 15 is 0 Å². The highest BCUT2D eigenvalue weighted by molar-refractivity contribution is 7.89. The number of carbonyl (C=O) groups excluding carboxylic acids is 1. The van der Waals surface area contributed by atoms with Crippen molar-refractivity contribution in [3.8, 4) is 11.5 Å². The third-order valence-electron chi connectivity index (χ3n) is 3.49. The monoisotopic (exact) mass is 396 g/mol. The van der Waals surface area contributed by atoms with Gasteiger partial charge in [-0.15, -0.1) is 0 Å². The maximum absolute atomic E-state index is 13.4. The molecule has 1 N–H and O–H groups in total. The summed E-state index contributed by atoms with van der Waals surface area (Å²) in [6.07, 6.45) is 0. The first kappa shape index (κ1) is 20.7. The van der Waals surface area contributed by atoms with Crippen molar-refractivity contribution in [2.24, 2.45) is 0 Å². The minimum atomic E-state index is -3.48. The molecule has 7 nitrogen and oxygen atoms in total. The van der Waals surface area contributed by atoms with Crippen molar-refractivity contribution >= 4 is 15.9 Å². The first-order valence-electron chi connectivity index (χ1n) is 8.10. The van der Waals surface area contributed by atoms with Crippen LogP contribution < -0.4 is 14.8 Å². The zero-order chi connectivity index (χ0) is 19.9. The van der Waals surface area contributed by atoms with Crippen molar-refractivity contribution in [3.05, 3.63) is 54.3 Å². The lowest BCUT2D eigenvalue weighted by molar-refractivity contribution is -0.123. The number of sulfonamides is 1. The molecule has 0 radical (unpaired) electrons. The molecule has 2 aromatic rings. The van der Waals surface area contributed by atoms with Crippen LogP contribution in [-0.2, 0) is 14.8 Å². The molecule has 0 aromatic heterocycles. The second-order valence-corrected chi connectivity index (χ2v) is 7.83. The van der Waals surface area contributed by atoms with E-state index in [2.05, 4.69) is 5.32 Å². The highest BCUT2D eigenvalue weighted by Gasteiger charge is 2.16. The molecule has 0 spiro atoms. The first-order valence-corrected chi connectivity index (χ1v) is 9.54. The van der Waals surface area contributed by atoms with Gasteiger partial charge in [-0.25, -0.2) is 17.1 Å². The molecule has 2 aromatic carbocycles. The Balaban J connectivity index is 1.72. The average molecular weight is 396 g/mol. The first-order chi connectivity index (χ1) is 12.8. The van der Waals surface area contributed by atoms with Crippen molar-refractivity contribution < 1.29 is 27.1 Å². The maximum atomic E-state index is 13.4. The molecule has 0 saturated carbocycles. The van der Waals surface area contributed by atoms with E-state index < -0.39 is 21.7 Å². The lowest BCUT2D eigenvalue weighted by Crippen LogP contribution is -2.32. The lowest BCUT2D eigenvalue weighted by atomic mass is 10.3. The molecule has 1 amide bonds. The van der Waals surface area contributed by atoms with Gasteiger partial charge in [-0.1, -0.05) is 12.1 Å². The molecular weight excluding hydrogens is 375 g/mol. The third-order valence-corrected chi connectivity index (χ3v) is 5.32. The summed E-state index contributed by atoms with van der Waals surface area (Å²) in [5, 5.41) is 2.58. The number of nitrogens with one attached hydrogen (secondary N) is 1. The van der Waals surface area contributed by atoms with Crippen LogP contribution in [0.15, 0.2) is 53.4 Å². The molecule has 0 unspecified atom stereocenters. The van der Waals surface area contributed by atoms with Crippen LogP contribution in [0.3, 0.4) is 0 Å². The predicted octanol–water partition coefficient (Wildman–Crippen LogP) is 1.65. The number of benzene rings is 2. The third kappa shape index (κ3) is 5.93. The zero-order valence-corrected chi connectivity index (χ0v) is 15.8. The van der Waals surface area contributed by atoms with Crippen molar-refractivity contribution in [1.82, 2.24) is 9.62 Å². The Bertz CT molecular complexity index is 870. The molecule has 0 heterocycles. The van der Waals surface area contributed by atoms with Crippen LogP contribution in [-0.4, -0.2) is 52.5 Å². The summed E-state index contributed by atoms with van der Waals surface area (Å²) in [5.74, 6) is -0.455. The molecule has 0 atom stereocenters. The standard InChI is InChI=1S/C18H21FN2O5S/c1-21(2)27(23,24)15-9-7-14(8-10-15)25-12-11-20-18(22)13-26-17-6-4-3-5-16(17)19/h3-10H,11-13H2,1-2H3,(H,20,22). The van der Waals surface area contributed by atoms with Gasteiger partial charge in [0.25, 0.3) is 5.91 Å². The number of hydrogen-bond acceptors (Lipinski definition) is 5. The van der Waals surface area contributed by atoms with Crippen LogP contribution in [0.1, 0.15) is 0 Å². The van der Waals surface area contributed by atoms with E-state index in [1.54, 1.807) is 18.2 Å². The summed E-state index contributed by atoms with van der Waals surface area (Å²) in [7, 11) is -0.569. The molecule has 2 rings (SSSR count). The van der Waals surface area contributed by atoms with E-state index in [1.165, 1.54) is 44.4 Å². The van der Waals surface area contributed by atoms with E-state index in [-0.39, 0.29) is 30.4 Å². The second kappa shape index (κ2) is 9.33. The number of halogens is 1. The minimum absolute atomic E-state index is 0.0108. The molecule has 0 aliphatic carbocycles. The van der Waals surface area contributed by atoms with Gasteiger partial charge in [0.2, 0.25) is 10.0 Å². The van der Waals surface area contributed by atoms with Crippen LogP contribution in [0.4, 0.5) is 4.39 Å². The summed E-state index contributed by atoms with van der Waals surface area (Å²) < 4.78 is 49.0. The SMILES string of the molecule is CN(C)S(=O)(=O)c1ccc(OCCNC(=O)COc2ccccc2F)cc1. The maximum Gasteiger partial charge on any atom is 0.258 e. The molecule has 146 valence electrons. The normalized spacial score (nSPS) is 11.3. The second-order valence-electron chi connectivity index (χ2n) is 5.68. The number of carbonyl (C=O) groups is 1. The zero-order valence-electron chi connectivity index (χ0n) is 15.0. The van der Waals surface area contributed by atoms with Crippen LogP contribution in [0.25, 0.3) is 0 Å². The molecule has 0 fully saturated rings. The van der Waals surface area contributed by atoms with Crippen molar-refractivity contribution in [2.75, 3.05) is 33.9 Å². The van der Waals surface area contributed by atoms with E-state index in [1.807, 2.05) is 0 Å². The summed E-state index contributed by atoms with van der Waals surface area (Å²) >= 11 is 0. The van der Waals surface area contributed by atoms with E-state index in [0.717, 1.165) is 4.31 Å². The van der Waals surface area contributed by atoms with Crippen molar-refractivity contribution in [3.63, 3.8) is 0 Å². The van der Waals surface area contributed by atoms with Gasteiger partial charge in [0.1, 0.15) is 12.4 Å². The van der Waals surface area contributed by atoms with Gasteiger partial charge in [0, 0.05) is 14.1 Å². The minimum Gasteiger partial charge on any atom is -0.492 e. The predicted molar refractivity (Wildman–Crippen MR) is 97.7 cm³/mol. The molecule has 0 saturated heterocycles. The quantitative estimate of drug-likeness (QED) is 0.652. The Morgan fingerprint density at radius 2 is 1.74 bits per heavy atom. The number of ether oxygens (including phenoxy) is 2. The number of hydrogen-bond donors (Lipinski definition) is 1. The van der Waals surface area contributed by atoms with E-state index in [0.29, 0.717) is 5.75 Å². The fourth-order valence-corrected chi connectivity index (χ4v) is 2.94. The van der Waals surface area contributed by atoms with Gasteiger partial charge in [0.05, 0.1) is 11.4 Å². The van der Waals surface area contributed by atoms with Gasteiger partial charge in [-0.05, 0) is 36.4 Å². The highest BCUT2D eigenvalue weighted by atomic mass is 32.2. The molecular formula is C18H21FN2O5S. The average Bonchev–Trinajstić information content (AvgIpc) is 2.65. The molecule has 9 heteroatoms. The van der Waals surface area contributed by atoms with Gasteiger partial charge in [0.15, 0.2) is 18.2 Å². The van der Waals surface area contributed by atoms with Gasteiger partial charge < -0.3 is 14.8 Å². The van der Waals surface area contributed by atoms with Crippen LogP contribution >= 0.6 is 0 Å². The van der Waals surface area contributed by atoms with Crippen LogP contribution in [0.2, 0.25) is 0 Å². The number of rotatable bonds is 9. The van der Waals surface area contributed by atoms with E-state index in [4.69, 9.17) is 9.47 Å². The van der Waals surface area contributed by atoms with Crippen molar-refractivity contribution in [2.45, 2.75) is 4.90 Å². The van der Waals surface area contributed by atoms with Gasteiger partial charge in [-0.3, -0.25) is 4.79 Å². The number of nitrogens with zero attached hydrogens (tertiary/aromatic N) is 1. The summed E-state index contributed by atoms with van der Waals surface area (Å²) in [4.78, 5) is 11.8. The van der Waals surface area contributed by atoms with Crippen LogP contribution in [0, 0.1) is 5.82 Å². The van der Waals surface area contributed by atoms with Gasteiger partial charge in [-0.2, -0.15) is 0 Å². The Labute approximate surface area is 157 Å². The fourth-order valence-electron chi connectivity index (χ4n) is 2.03. The van der Waals surface area contributed by atoms with E-state index in [9.17, 15) is 17.6 Å². The summed E-state index contributed by atoms with van der Waals surface area (Å²) in [5.41, 5.74) is 0. The smallest absolute Gasteiger partial charge is 0.258 e. The largest absolute Gasteiger partial charge is 0.492 e. The highest BCUT2D eigenvalue weighted by Crippen LogP contribution is 2.18. The Kier molecular flexibility index (Phi) is 7.14. The molecule has 0 aliphatic heterocycles. The van der Waals surface area contributed by atoms with Crippen LogP contribution in [0.5, 0.6) is 11.5 Å². The summed E-state index contributed by atoms with van der Waals surface area (Å²) in [6.45, 7) is 0.0977. The Morgan fingerprint density at radius 1 is 1.07 bits per heavy atom. The fraction of sp³-hybridized carbons (Fsp3) is 0.278. The topological polar surface area (TPSA) is 84.9 Å². The number of amides is 1. The molecule has 27 heavy (non-hydrogen) atoms. The lowest BCUT2D eigenvalue weighted by Gasteiger charge is -2.12. The Hall–Kier alpha value is -2.65. The number of para-hydroxylation sites is 1. The molecule has 0 aliphatic rings. The Morgan fingerprint density at radius 3 is 2.37 bits per heavy atom. The molecule has 0 bridgehead atoms.